The van der Waals surface area contributed by atoms with E-state index in [0.717, 1.165) is 16.7 Å². The molecule has 7 nitrogen and oxygen atoms in total. The fourth-order valence-corrected chi connectivity index (χ4v) is 4.95. The van der Waals surface area contributed by atoms with Crippen molar-refractivity contribution in [2.45, 2.75) is 12.5 Å². The number of aryl methyl sites for hydroxylation is 1. The first-order valence-electron chi connectivity index (χ1n) is 10.3. The summed E-state index contributed by atoms with van der Waals surface area (Å²) in [5.74, 6) is -1.27. The van der Waals surface area contributed by atoms with Gasteiger partial charge in [0, 0.05) is 50.1 Å². The molecule has 0 bridgehead atoms. The molecule has 0 fully saturated rings. The summed E-state index contributed by atoms with van der Waals surface area (Å²) in [5.41, 5.74) is 4.23. The van der Waals surface area contributed by atoms with Gasteiger partial charge in [0.15, 0.2) is 0 Å². The second-order valence-electron chi connectivity index (χ2n) is 7.83. The molecule has 0 aromatic heterocycles. The highest BCUT2D eigenvalue weighted by molar-refractivity contribution is 5.98. The van der Waals surface area contributed by atoms with Gasteiger partial charge in [0.2, 0.25) is 0 Å². The van der Waals surface area contributed by atoms with Crippen molar-refractivity contribution in [3.05, 3.63) is 59.1 Å². The zero-order valence-corrected chi connectivity index (χ0v) is 17.5. The maximum atomic E-state index is 12.4. The number of aliphatic hydroxyl groups excluding tert-OH is 1. The van der Waals surface area contributed by atoms with E-state index in [4.69, 9.17) is 10.8 Å². The van der Waals surface area contributed by atoms with Gasteiger partial charge in [-0.1, -0.05) is 18.2 Å². The molecule has 2 aliphatic heterocycles. The summed E-state index contributed by atoms with van der Waals surface area (Å²) in [6.45, 7) is -1.37. The molecule has 158 valence electrons. The lowest BCUT2D eigenvalue weighted by atomic mass is 9.74. The van der Waals surface area contributed by atoms with Crippen molar-refractivity contribution >= 4 is 11.9 Å². The average Bonchev–Trinajstić information content (AvgIpc) is 3.36. The molecule has 0 spiro atoms. The van der Waals surface area contributed by atoms with E-state index in [2.05, 4.69) is 0 Å². The molecule has 30 heavy (non-hydrogen) atoms. The maximum absolute atomic E-state index is 12.4. The largest absolute Gasteiger partial charge is 0.466 e. The van der Waals surface area contributed by atoms with Crippen molar-refractivity contribution in [1.82, 2.24) is 9.47 Å². The molecule has 1 N–H and O–H groups in total. The van der Waals surface area contributed by atoms with Crippen LogP contribution in [0.3, 0.4) is 0 Å². The minimum absolute atomic E-state index is 0.189. The van der Waals surface area contributed by atoms with Crippen molar-refractivity contribution in [3.8, 4) is 11.1 Å². The summed E-state index contributed by atoms with van der Waals surface area (Å²) in [6, 6.07) is 3.64. The molecule has 0 amide bonds. The number of ether oxygens (including phenoxy) is 2. The van der Waals surface area contributed by atoms with Crippen molar-refractivity contribution in [3.63, 3.8) is 0 Å². The molecule has 1 unspecified atom stereocenters. The molecular formula is C23H26N2O5. The summed E-state index contributed by atoms with van der Waals surface area (Å²) >= 11 is 0. The van der Waals surface area contributed by atoms with Crippen LogP contribution in [0.5, 0.6) is 0 Å². The number of hydrogen-bond donors (Lipinski definition) is 1. The van der Waals surface area contributed by atoms with E-state index in [1.54, 1.807) is 12.4 Å². The minimum Gasteiger partial charge on any atom is -0.466 e. The highest BCUT2D eigenvalue weighted by atomic mass is 16.5. The number of aliphatic hydroxyl groups is 1. The molecule has 4 rings (SSSR count). The Morgan fingerprint density at radius 2 is 1.90 bits per heavy atom. The Hall–Kier alpha value is -3.06. The van der Waals surface area contributed by atoms with E-state index in [1.165, 1.54) is 14.2 Å². The average molecular weight is 411 g/mol. The van der Waals surface area contributed by atoms with E-state index in [1.807, 2.05) is 48.0 Å². The summed E-state index contributed by atoms with van der Waals surface area (Å²) in [5, 5.41) is 10.2. The van der Waals surface area contributed by atoms with Gasteiger partial charge in [-0.3, -0.25) is 0 Å². The van der Waals surface area contributed by atoms with Crippen molar-refractivity contribution in [1.29, 1.82) is 0 Å². The highest BCUT2D eigenvalue weighted by Gasteiger charge is 2.46. The highest BCUT2D eigenvalue weighted by Crippen LogP contribution is 2.52. The third-order valence-corrected chi connectivity index (χ3v) is 6.23. The SMILES string of the molecule is [2H]C(O)C1=CC[C@@H]2C(C(=O)OC)=CN(C)[C@@H](c3ccc4c(C(=O)OC)cn(C)cc3-4)[C@H]12. The lowest BCUT2D eigenvalue weighted by molar-refractivity contribution is -0.137. The molecule has 0 aromatic rings. The monoisotopic (exact) mass is 411 g/mol. The van der Waals surface area contributed by atoms with Crippen LogP contribution < -0.4 is 0 Å². The van der Waals surface area contributed by atoms with Crippen LogP contribution in [0, 0.1) is 11.8 Å². The third-order valence-electron chi connectivity index (χ3n) is 6.23. The summed E-state index contributed by atoms with van der Waals surface area (Å²) < 4.78 is 19.7. The zero-order valence-electron chi connectivity index (χ0n) is 18.5. The van der Waals surface area contributed by atoms with E-state index < -0.39 is 18.5 Å². The predicted molar refractivity (Wildman–Crippen MR) is 111 cm³/mol. The number of carbonyl (C=O) groups is 2. The second kappa shape index (κ2) is 7.65. The number of allylic oxidation sites excluding steroid dienone is 1. The molecule has 2 heterocycles. The van der Waals surface area contributed by atoms with E-state index in [9.17, 15) is 14.7 Å². The van der Waals surface area contributed by atoms with Gasteiger partial charge < -0.3 is 24.0 Å². The summed E-state index contributed by atoms with van der Waals surface area (Å²) in [4.78, 5) is 26.7. The standard InChI is InChI=1S/C23H26N2O5/c1-24-9-17-14(18(10-24)22(27)29-3)7-8-16(17)21-20-13(12-26)5-6-15(20)19(11-25(21)2)23(28)30-4/h5,7-11,15,20-21,26H,6,12H2,1-4H3/t15-,20-,21+/m1/s1/i12D/t12?,15-,20-,21+. The lowest BCUT2D eigenvalue weighted by Crippen LogP contribution is -2.38. The molecule has 2 aliphatic carbocycles. The van der Waals surface area contributed by atoms with Crippen molar-refractivity contribution in [2.24, 2.45) is 18.9 Å². The quantitative estimate of drug-likeness (QED) is 0.615. The van der Waals surface area contributed by atoms with E-state index in [-0.39, 0.29) is 17.9 Å². The molecule has 4 aliphatic rings. The van der Waals surface area contributed by atoms with Crippen LogP contribution in [0.1, 0.15) is 29.8 Å². The number of hydrogen-bond acceptors (Lipinski definition) is 6. The topological polar surface area (TPSA) is 81.0 Å². The maximum Gasteiger partial charge on any atom is 0.339 e. The van der Waals surface area contributed by atoms with Crippen molar-refractivity contribution in [2.75, 3.05) is 27.9 Å². The number of pyridine rings is 1. The van der Waals surface area contributed by atoms with Crippen LogP contribution in [-0.4, -0.2) is 54.4 Å². The van der Waals surface area contributed by atoms with Crippen LogP contribution in [0.15, 0.2) is 47.9 Å². The summed E-state index contributed by atoms with van der Waals surface area (Å²) in [7, 11) is 6.43. The van der Waals surface area contributed by atoms with E-state index >= 15 is 0 Å². The molecular weight excluding hydrogens is 384 g/mol. The molecule has 7 heteroatoms. The normalized spacial score (nSPS) is 24.6. The molecule has 4 atom stereocenters. The fraction of sp³-hybridized carbons (Fsp3) is 0.391. The Kier molecular flexibility index (Phi) is 4.83. The Balaban J connectivity index is 1.86. The Morgan fingerprint density at radius 3 is 2.57 bits per heavy atom. The Labute approximate surface area is 176 Å². The van der Waals surface area contributed by atoms with Gasteiger partial charge in [-0.05, 0) is 23.1 Å². The van der Waals surface area contributed by atoms with Gasteiger partial charge >= 0.3 is 11.9 Å². The van der Waals surface area contributed by atoms with Crippen LogP contribution in [0.4, 0.5) is 0 Å². The van der Waals surface area contributed by atoms with Gasteiger partial charge in [-0.2, -0.15) is 0 Å². The first kappa shape index (κ1) is 18.9. The zero-order chi connectivity index (χ0) is 22.4. The number of nitrogens with zero attached hydrogens (tertiary/aromatic N) is 2. The van der Waals surface area contributed by atoms with Crippen LogP contribution >= 0.6 is 0 Å². The van der Waals surface area contributed by atoms with E-state index in [0.29, 0.717) is 23.1 Å². The third kappa shape index (κ3) is 3.01. The fourth-order valence-electron chi connectivity index (χ4n) is 4.95. The van der Waals surface area contributed by atoms with Gasteiger partial charge in [-0.25, -0.2) is 9.59 Å². The Bertz CT molecular complexity index is 1070. The van der Waals surface area contributed by atoms with Crippen molar-refractivity contribution < 1.29 is 25.5 Å². The Morgan fingerprint density at radius 1 is 1.17 bits per heavy atom. The lowest BCUT2D eigenvalue weighted by Gasteiger charge is -2.42. The smallest absolute Gasteiger partial charge is 0.339 e. The number of fused-ring (bicyclic) bond motifs is 2. The number of carbonyl (C=O) groups excluding carboxylic acids is 2. The molecule has 0 saturated heterocycles. The van der Waals surface area contributed by atoms with Crippen LogP contribution in [0.2, 0.25) is 0 Å². The van der Waals surface area contributed by atoms with Gasteiger partial charge in [0.05, 0.1) is 39.4 Å². The number of methoxy groups -OCH3 is 2. The number of aromatic nitrogens is 1. The summed E-state index contributed by atoms with van der Waals surface area (Å²) in [6.07, 6.45) is 7.90. The van der Waals surface area contributed by atoms with Gasteiger partial charge in [0.25, 0.3) is 0 Å². The number of rotatable bonds is 4. The molecule has 0 aromatic carbocycles. The van der Waals surface area contributed by atoms with Crippen LogP contribution in [0.25, 0.3) is 11.1 Å². The first-order valence-corrected chi connectivity index (χ1v) is 9.77. The molecule has 0 saturated carbocycles. The predicted octanol–water partition coefficient (Wildman–Crippen LogP) is 2.51. The molecule has 0 radical (unpaired) electrons. The second-order valence-corrected chi connectivity index (χ2v) is 7.83. The van der Waals surface area contributed by atoms with Crippen LogP contribution in [-0.2, 0) is 21.3 Å². The number of esters is 2. The first-order chi connectivity index (χ1) is 14.8. The van der Waals surface area contributed by atoms with Gasteiger partial charge in [0.1, 0.15) is 0 Å². The minimum atomic E-state index is -1.37. The van der Waals surface area contributed by atoms with Gasteiger partial charge in [-0.15, -0.1) is 0 Å².